The van der Waals surface area contributed by atoms with Gasteiger partial charge in [0, 0.05) is 23.1 Å². The Kier molecular flexibility index (Phi) is 6.77. The molecular formula is C16H19Cl2N3O2. The van der Waals surface area contributed by atoms with Crippen molar-refractivity contribution in [1.29, 1.82) is 0 Å². The maximum atomic E-state index is 10.3. The van der Waals surface area contributed by atoms with E-state index in [-0.39, 0.29) is 6.54 Å². The van der Waals surface area contributed by atoms with Crippen molar-refractivity contribution in [2.45, 2.75) is 19.6 Å². The molecule has 0 aliphatic heterocycles. The fourth-order valence-electron chi connectivity index (χ4n) is 1.98. The highest BCUT2D eigenvalue weighted by atomic mass is 35.5. The quantitative estimate of drug-likeness (QED) is 0.548. The van der Waals surface area contributed by atoms with Crippen molar-refractivity contribution in [1.82, 2.24) is 10.6 Å². The molecule has 2 rings (SSSR count). The van der Waals surface area contributed by atoms with Crippen LogP contribution in [0.25, 0.3) is 0 Å². The number of nitrogens with zero attached hydrogens (tertiary/aromatic N) is 1. The van der Waals surface area contributed by atoms with Gasteiger partial charge < -0.3 is 20.2 Å². The van der Waals surface area contributed by atoms with Crippen molar-refractivity contribution < 1.29 is 9.52 Å². The summed E-state index contributed by atoms with van der Waals surface area (Å²) in [6.07, 6.45) is 0.858. The second-order valence-corrected chi connectivity index (χ2v) is 5.75. The molecule has 2 aromatic rings. The minimum atomic E-state index is -0.751. The second kappa shape index (κ2) is 8.82. The number of hydrogen-bond donors (Lipinski definition) is 3. The molecule has 0 bridgehead atoms. The molecule has 1 aromatic heterocycles. The summed E-state index contributed by atoms with van der Waals surface area (Å²) in [7, 11) is 0. The van der Waals surface area contributed by atoms with Gasteiger partial charge in [0.05, 0.1) is 12.4 Å². The van der Waals surface area contributed by atoms with E-state index in [2.05, 4.69) is 15.6 Å². The van der Waals surface area contributed by atoms with Crippen molar-refractivity contribution in [3.05, 3.63) is 58.0 Å². The zero-order chi connectivity index (χ0) is 16.7. The molecule has 1 atom stereocenters. The number of rotatable bonds is 6. The van der Waals surface area contributed by atoms with Gasteiger partial charge in [-0.3, -0.25) is 0 Å². The lowest BCUT2D eigenvalue weighted by atomic mass is 10.1. The Balaban J connectivity index is 1.95. The summed E-state index contributed by atoms with van der Waals surface area (Å²) in [5, 5.41) is 17.4. The van der Waals surface area contributed by atoms with Gasteiger partial charge in [-0.05, 0) is 42.8 Å². The predicted molar refractivity (Wildman–Crippen MR) is 92.9 cm³/mol. The number of nitrogens with one attached hydrogen (secondary N) is 2. The van der Waals surface area contributed by atoms with Gasteiger partial charge in [0.25, 0.3) is 0 Å². The van der Waals surface area contributed by atoms with Crippen LogP contribution >= 0.6 is 23.2 Å². The second-order valence-electron chi connectivity index (χ2n) is 4.87. The van der Waals surface area contributed by atoms with E-state index in [0.717, 1.165) is 5.76 Å². The molecule has 0 spiro atoms. The number of hydrogen-bond acceptors (Lipinski definition) is 3. The van der Waals surface area contributed by atoms with Crippen LogP contribution < -0.4 is 10.6 Å². The van der Waals surface area contributed by atoms with E-state index >= 15 is 0 Å². The van der Waals surface area contributed by atoms with E-state index in [4.69, 9.17) is 27.6 Å². The molecule has 0 fully saturated rings. The third kappa shape index (κ3) is 5.78. The van der Waals surface area contributed by atoms with Crippen LogP contribution in [0, 0.1) is 0 Å². The van der Waals surface area contributed by atoms with Crippen LogP contribution in [0.2, 0.25) is 10.0 Å². The first-order valence-corrected chi connectivity index (χ1v) is 8.02. The summed E-state index contributed by atoms with van der Waals surface area (Å²) in [5.74, 6) is 1.36. The number of aliphatic hydroxyl groups is 1. The van der Waals surface area contributed by atoms with Crippen molar-refractivity contribution in [3.8, 4) is 0 Å². The summed E-state index contributed by atoms with van der Waals surface area (Å²) >= 11 is 11.9. The average Bonchev–Trinajstić information content (AvgIpc) is 3.02. The maximum absolute atomic E-state index is 10.3. The first-order valence-electron chi connectivity index (χ1n) is 7.27. The number of furan rings is 1. The van der Waals surface area contributed by atoms with E-state index in [9.17, 15) is 5.11 Å². The molecule has 3 N–H and O–H groups in total. The molecule has 0 saturated carbocycles. The summed E-state index contributed by atoms with van der Waals surface area (Å²) in [4.78, 5) is 4.39. The molecule has 124 valence electrons. The van der Waals surface area contributed by atoms with E-state index in [1.165, 1.54) is 0 Å². The van der Waals surface area contributed by atoms with Gasteiger partial charge in [-0.15, -0.1) is 0 Å². The smallest absolute Gasteiger partial charge is 0.191 e. The largest absolute Gasteiger partial charge is 0.467 e. The third-order valence-electron chi connectivity index (χ3n) is 3.05. The van der Waals surface area contributed by atoms with Crippen molar-refractivity contribution in [2.24, 2.45) is 4.99 Å². The Hall–Kier alpha value is -1.69. The Morgan fingerprint density at radius 2 is 2.00 bits per heavy atom. The zero-order valence-corrected chi connectivity index (χ0v) is 14.2. The van der Waals surface area contributed by atoms with Gasteiger partial charge in [0.1, 0.15) is 12.3 Å². The number of halogens is 2. The highest BCUT2D eigenvalue weighted by Crippen LogP contribution is 2.23. The lowest BCUT2D eigenvalue weighted by Gasteiger charge is -2.16. The summed E-state index contributed by atoms with van der Waals surface area (Å²) in [5.41, 5.74) is 0.650. The fourth-order valence-corrected chi connectivity index (χ4v) is 2.52. The van der Waals surface area contributed by atoms with E-state index < -0.39 is 6.10 Å². The van der Waals surface area contributed by atoms with Crippen LogP contribution in [0.5, 0.6) is 0 Å². The molecule has 1 aromatic carbocycles. The van der Waals surface area contributed by atoms with Gasteiger partial charge in [-0.1, -0.05) is 23.2 Å². The molecule has 0 amide bonds. The maximum Gasteiger partial charge on any atom is 0.191 e. The first kappa shape index (κ1) is 17.7. The highest BCUT2D eigenvalue weighted by molar-refractivity contribution is 6.34. The number of benzene rings is 1. The Morgan fingerprint density at radius 1 is 1.26 bits per heavy atom. The zero-order valence-electron chi connectivity index (χ0n) is 12.7. The normalized spacial score (nSPS) is 13.0. The molecule has 5 nitrogen and oxygen atoms in total. The molecule has 23 heavy (non-hydrogen) atoms. The number of aliphatic imine (C=N–C) groups is 1. The lowest BCUT2D eigenvalue weighted by molar-refractivity contribution is 0.181. The van der Waals surface area contributed by atoms with Crippen molar-refractivity contribution in [3.63, 3.8) is 0 Å². The third-order valence-corrected chi connectivity index (χ3v) is 3.49. The minimum Gasteiger partial charge on any atom is -0.467 e. The SMILES string of the molecule is CCNC(=NCc1ccco1)NCC(O)c1cc(Cl)cc(Cl)c1. The Labute approximate surface area is 145 Å². The fraction of sp³-hybridized carbons (Fsp3) is 0.312. The van der Waals surface area contributed by atoms with E-state index in [0.29, 0.717) is 34.7 Å². The van der Waals surface area contributed by atoms with Gasteiger partial charge in [-0.25, -0.2) is 4.99 Å². The molecule has 0 radical (unpaired) electrons. The van der Waals surface area contributed by atoms with Crippen LogP contribution in [-0.4, -0.2) is 24.2 Å². The molecule has 0 aliphatic carbocycles. The van der Waals surface area contributed by atoms with Crippen LogP contribution in [0.3, 0.4) is 0 Å². The van der Waals surface area contributed by atoms with E-state index in [1.807, 2.05) is 19.1 Å². The first-order chi connectivity index (χ1) is 11.1. The topological polar surface area (TPSA) is 69.8 Å². The van der Waals surface area contributed by atoms with Crippen molar-refractivity contribution in [2.75, 3.05) is 13.1 Å². The molecule has 1 unspecified atom stereocenters. The summed E-state index contributed by atoms with van der Waals surface area (Å²) < 4.78 is 5.24. The predicted octanol–water partition coefficient (Wildman–Crippen LogP) is 3.38. The monoisotopic (exact) mass is 355 g/mol. The summed E-state index contributed by atoms with van der Waals surface area (Å²) in [6, 6.07) is 8.68. The number of aliphatic hydroxyl groups excluding tert-OH is 1. The van der Waals surface area contributed by atoms with Crippen LogP contribution in [0.4, 0.5) is 0 Å². The Bertz CT molecular complexity index is 625. The molecule has 7 heteroatoms. The highest BCUT2D eigenvalue weighted by Gasteiger charge is 2.10. The van der Waals surface area contributed by atoms with Gasteiger partial charge >= 0.3 is 0 Å². The van der Waals surface area contributed by atoms with Crippen molar-refractivity contribution >= 4 is 29.2 Å². The van der Waals surface area contributed by atoms with Crippen LogP contribution in [-0.2, 0) is 6.54 Å². The Morgan fingerprint density at radius 3 is 2.61 bits per heavy atom. The molecule has 0 aliphatic rings. The average molecular weight is 356 g/mol. The van der Waals surface area contributed by atoms with Gasteiger partial charge in [0.15, 0.2) is 5.96 Å². The van der Waals surface area contributed by atoms with Crippen LogP contribution in [0.15, 0.2) is 46.0 Å². The number of guanidine groups is 1. The lowest BCUT2D eigenvalue weighted by Crippen LogP contribution is -2.39. The minimum absolute atomic E-state index is 0.278. The van der Waals surface area contributed by atoms with E-state index in [1.54, 1.807) is 24.5 Å². The molecule has 0 saturated heterocycles. The molecular weight excluding hydrogens is 337 g/mol. The van der Waals surface area contributed by atoms with Crippen LogP contribution in [0.1, 0.15) is 24.4 Å². The molecule has 1 heterocycles. The van der Waals surface area contributed by atoms with Gasteiger partial charge in [0.2, 0.25) is 0 Å². The van der Waals surface area contributed by atoms with Gasteiger partial charge in [-0.2, -0.15) is 0 Å². The standard InChI is InChI=1S/C16H19Cl2N3O2/c1-2-19-16(20-9-14-4-3-5-23-14)21-10-15(22)11-6-12(17)8-13(18)7-11/h3-8,15,22H,2,9-10H2,1H3,(H2,19,20,21). The summed E-state index contributed by atoms with van der Waals surface area (Å²) in [6.45, 7) is 3.38.